The van der Waals surface area contributed by atoms with E-state index in [2.05, 4.69) is 0 Å². The highest BCUT2D eigenvalue weighted by molar-refractivity contribution is 7.90. The van der Waals surface area contributed by atoms with Crippen LogP contribution in [0.1, 0.15) is 47.0 Å². The molecule has 6 nitrogen and oxygen atoms in total. The van der Waals surface area contributed by atoms with Gasteiger partial charge in [-0.25, -0.2) is 21.9 Å². The maximum absolute atomic E-state index is 13.8. The molecule has 2 amide bonds. The van der Waals surface area contributed by atoms with Crippen molar-refractivity contribution in [1.82, 2.24) is 9.62 Å². The van der Waals surface area contributed by atoms with Gasteiger partial charge in [-0.3, -0.25) is 9.59 Å². The van der Waals surface area contributed by atoms with Gasteiger partial charge in [-0.1, -0.05) is 27.2 Å². The first-order chi connectivity index (χ1) is 12.3. The Morgan fingerprint density at radius 1 is 1.30 bits per heavy atom. The van der Waals surface area contributed by atoms with Crippen LogP contribution in [-0.4, -0.2) is 37.2 Å². The van der Waals surface area contributed by atoms with Gasteiger partial charge >= 0.3 is 0 Å². The van der Waals surface area contributed by atoms with Crippen LogP contribution in [0.3, 0.4) is 0 Å². The zero-order valence-corrected chi connectivity index (χ0v) is 16.6. The molecule has 1 aliphatic heterocycles. The normalized spacial score (nSPS) is 20.1. The molecule has 2 rings (SSSR count). The second kappa shape index (κ2) is 7.18. The van der Waals surface area contributed by atoms with Crippen molar-refractivity contribution in [1.29, 1.82) is 0 Å². The van der Waals surface area contributed by atoms with Gasteiger partial charge in [-0.2, -0.15) is 0 Å². The molecule has 0 spiro atoms. The van der Waals surface area contributed by atoms with Gasteiger partial charge in [-0.15, -0.1) is 0 Å². The van der Waals surface area contributed by atoms with E-state index in [4.69, 9.17) is 0 Å². The van der Waals surface area contributed by atoms with Crippen molar-refractivity contribution in [2.45, 2.75) is 57.4 Å². The number of hydrogen-bond donors (Lipinski definition) is 1. The zero-order valence-electron chi connectivity index (χ0n) is 15.8. The molecule has 1 aliphatic rings. The van der Waals surface area contributed by atoms with Crippen LogP contribution in [0, 0.1) is 17.0 Å². The van der Waals surface area contributed by atoms with E-state index in [1.54, 1.807) is 13.8 Å². The topological polar surface area (TPSA) is 83.6 Å². The number of carbonyl (C=O) groups is 2. The van der Waals surface area contributed by atoms with E-state index >= 15 is 0 Å². The van der Waals surface area contributed by atoms with Crippen LogP contribution in [0.25, 0.3) is 0 Å². The zero-order chi connectivity index (χ0) is 20.6. The third-order valence-corrected chi connectivity index (χ3v) is 6.38. The molecule has 1 unspecified atom stereocenters. The van der Waals surface area contributed by atoms with Gasteiger partial charge in [0, 0.05) is 18.0 Å². The Hall–Kier alpha value is -2.03. The average molecular weight is 402 g/mol. The maximum Gasteiger partial charge on any atom is 0.267 e. The highest BCUT2D eigenvalue weighted by atomic mass is 32.2. The molecule has 1 heterocycles. The van der Waals surface area contributed by atoms with Crippen LogP contribution in [-0.2, 0) is 19.6 Å². The Morgan fingerprint density at radius 2 is 1.93 bits per heavy atom. The summed E-state index contributed by atoms with van der Waals surface area (Å²) in [5.74, 6) is -3.39. The number of hydrogen-bond acceptors (Lipinski definition) is 4. The minimum absolute atomic E-state index is 0.237. The molecule has 1 fully saturated rings. The number of likely N-dealkylation sites (tertiary alicyclic amines) is 1. The van der Waals surface area contributed by atoms with Gasteiger partial charge < -0.3 is 4.90 Å². The Labute approximate surface area is 158 Å². The molecule has 1 aromatic carbocycles. The van der Waals surface area contributed by atoms with Crippen molar-refractivity contribution in [2.75, 3.05) is 6.54 Å². The Balaban J connectivity index is 2.23. The summed E-state index contributed by atoms with van der Waals surface area (Å²) in [5, 5.41) is 0. The quantitative estimate of drug-likeness (QED) is 0.793. The van der Waals surface area contributed by atoms with Gasteiger partial charge in [0.05, 0.1) is 0 Å². The van der Waals surface area contributed by atoms with E-state index in [9.17, 15) is 26.8 Å². The van der Waals surface area contributed by atoms with Crippen LogP contribution >= 0.6 is 0 Å². The second-order valence-corrected chi connectivity index (χ2v) is 9.27. The number of benzene rings is 1. The highest BCUT2D eigenvalue weighted by Crippen LogP contribution is 2.37. The van der Waals surface area contributed by atoms with Crippen LogP contribution < -0.4 is 4.72 Å². The van der Waals surface area contributed by atoms with Gasteiger partial charge in [0.15, 0.2) is 0 Å². The molecule has 1 aromatic rings. The number of rotatable bonds is 6. The molecule has 9 heteroatoms. The van der Waals surface area contributed by atoms with Gasteiger partial charge in [0.2, 0.25) is 5.91 Å². The molecular formula is C18H24F2N2O4S. The second-order valence-electron chi connectivity index (χ2n) is 7.62. The molecule has 0 bridgehead atoms. The van der Waals surface area contributed by atoms with E-state index < -0.39 is 43.4 Å². The van der Waals surface area contributed by atoms with Crippen LogP contribution in [0.5, 0.6) is 0 Å². The van der Waals surface area contributed by atoms with Crippen LogP contribution in [0.4, 0.5) is 8.78 Å². The largest absolute Gasteiger partial charge is 0.328 e. The lowest BCUT2D eigenvalue weighted by Crippen LogP contribution is -2.69. The van der Waals surface area contributed by atoms with E-state index in [-0.39, 0.29) is 12.3 Å². The monoisotopic (exact) mass is 402 g/mol. The van der Waals surface area contributed by atoms with Gasteiger partial charge in [-0.05, 0) is 31.9 Å². The molecule has 0 aliphatic carbocycles. The predicted molar refractivity (Wildman–Crippen MR) is 95.1 cm³/mol. The molecule has 1 N–H and O–H groups in total. The van der Waals surface area contributed by atoms with Gasteiger partial charge in [0.1, 0.15) is 22.1 Å². The fourth-order valence-electron chi connectivity index (χ4n) is 3.20. The Kier molecular flexibility index (Phi) is 5.66. The van der Waals surface area contributed by atoms with Crippen LogP contribution in [0.2, 0.25) is 0 Å². The molecule has 0 radical (unpaired) electrons. The molecule has 27 heavy (non-hydrogen) atoms. The van der Waals surface area contributed by atoms with Gasteiger partial charge in [0.25, 0.3) is 15.9 Å². The summed E-state index contributed by atoms with van der Waals surface area (Å²) in [5.41, 5.74) is -2.02. The lowest BCUT2D eigenvalue weighted by Gasteiger charge is -2.51. The number of nitrogens with one attached hydrogen (secondary N) is 1. The molecule has 1 saturated heterocycles. The molecule has 0 aromatic heterocycles. The number of nitrogens with zero attached hydrogens (tertiary/aromatic N) is 1. The van der Waals surface area contributed by atoms with Crippen LogP contribution in [0.15, 0.2) is 23.1 Å². The molecule has 1 atom stereocenters. The predicted octanol–water partition coefficient (Wildman–Crippen LogP) is 2.59. The maximum atomic E-state index is 13.8. The van der Waals surface area contributed by atoms with Crippen molar-refractivity contribution in [3.63, 3.8) is 0 Å². The fourth-order valence-corrected chi connectivity index (χ4v) is 4.33. The lowest BCUT2D eigenvalue weighted by atomic mass is 9.79. The van der Waals surface area contributed by atoms with Crippen molar-refractivity contribution in [2.24, 2.45) is 5.41 Å². The van der Waals surface area contributed by atoms with Crippen molar-refractivity contribution in [3.8, 4) is 0 Å². The fraction of sp³-hybridized carbons (Fsp3) is 0.556. The first-order valence-electron chi connectivity index (χ1n) is 8.69. The summed E-state index contributed by atoms with van der Waals surface area (Å²) < 4.78 is 53.3. The van der Waals surface area contributed by atoms with Crippen molar-refractivity contribution >= 4 is 21.8 Å². The standard InChI is InChI=1S/C18H24F2N2O4S/c1-5-8-17(2,3)16(24)22-10-9-18(22,4)15(23)21-27(25,26)14-7-6-12(19)11-13(14)20/h6-7,11H,5,8-10H2,1-4H3,(H,21,23). The number of halogens is 2. The third-order valence-electron chi connectivity index (χ3n) is 5.02. The number of sulfonamides is 1. The summed E-state index contributed by atoms with van der Waals surface area (Å²) in [6, 6.07) is 1.96. The molecular weight excluding hydrogens is 378 g/mol. The number of amides is 2. The third kappa shape index (κ3) is 3.97. The Bertz CT molecular complexity index is 870. The average Bonchev–Trinajstić information content (AvgIpc) is 2.51. The number of carbonyl (C=O) groups excluding carboxylic acids is 2. The summed E-state index contributed by atoms with van der Waals surface area (Å²) >= 11 is 0. The van der Waals surface area contributed by atoms with Crippen molar-refractivity contribution in [3.05, 3.63) is 29.8 Å². The minimum Gasteiger partial charge on any atom is -0.328 e. The highest BCUT2D eigenvalue weighted by Gasteiger charge is 2.53. The summed E-state index contributed by atoms with van der Waals surface area (Å²) in [6.45, 7) is 7.31. The summed E-state index contributed by atoms with van der Waals surface area (Å²) in [6.07, 6.45) is 1.70. The first kappa shape index (κ1) is 21.3. The van der Waals surface area contributed by atoms with E-state index in [1.165, 1.54) is 11.8 Å². The smallest absolute Gasteiger partial charge is 0.267 e. The van der Waals surface area contributed by atoms with Crippen molar-refractivity contribution < 1.29 is 26.8 Å². The van der Waals surface area contributed by atoms with E-state index in [0.29, 0.717) is 19.0 Å². The first-order valence-corrected chi connectivity index (χ1v) is 10.2. The lowest BCUT2D eigenvalue weighted by molar-refractivity contribution is -0.163. The molecule has 150 valence electrons. The Morgan fingerprint density at radius 3 is 2.41 bits per heavy atom. The molecule has 0 saturated carbocycles. The summed E-state index contributed by atoms with van der Waals surface area (Å²) in [4.78, 5) is 25.9. The van der Waals surface area contributed by atoms with E-state index in [1.807, 2.05) is 11.6 Å². The SMILES string of the molecule is CCCC(C)(C)C(=O)N1CCC1(C)C(=O)NS(=O)(=O)c1ccc(F)cc1F. The minimum atomic E-state index is -4.54. The summed E-state index contributed by atoms with van der Waals surface area (Å²) in [7, 11) is -4.54. The van der Waals surface area contributed by atoms with E-state index in [0.717, 1.165) is 18.6 Å².